The van der Waals surface area contributed by atoms with E-state index in [1.165, 1.54) is 4.57 Å². The molecule has 0 bridgehead atoms. The highest BCUT2D eigenvalue weighted by atomic mass is 79.9. The molecule has 0 aromatic carbocycles. The van der Waals surface area contributed by atoms with Crippen LogP contribution >= 0.6 is 15.9 Å². The normalized spacial score (nSPS) is 10.2. The summed E-state index contributed by atoms with van der Waals surface area (Å²) in [6, 6.07) is 0. The van der Waals surface area contributed by atoms with Crippen molar-refractivity contribution in [1.82, 2.24) is 9.55 Å². The predicted octanol–water partition coefficient (Wildman–Crippen LogP) is 1.50. The maximum atomic E-state index is 11.3. The Morgan fingerprint density at radius 1 is 1.67 bits per heavy atom. The Bertz CT molecular complexity index is 332. The lowest BCUT2D eigenvalue weighted by Crippen LogP contribution is -2.19. The molecular weight excluding hydrogens is 220 g/mol. The molecule has 0 saturated heterocycles. The number of aromatic nitrogens is 2. The van der Waals surface area contributed by atoms with Crippen molar-refractivity contribution in [2.45, 2.75) is 19.8 Å². The highest BCUT2D eigenvalue weighted by Crippen LogP contribution is 2.09. The predicted molar refractivity (Wildman–Crippen MR) is 51.2 cm³/mol. The SMILES string of the molecule is CCCc1ncn(C)c(=O)c1Br. The molecule has 1 rings (SSSR count). The van der Waals surface area contributed by atoms with E-state index in [0.717, 1.165) is 18.5 Å². The molecule has 0 spiro atoms. The van der Waals surface area contributed by atoms with Crippen molar-refractivity contribution in [2.24, 2.45) is 7.05 Å². The molecule has 66 valence electrons. The molecule has 1 aromatic rings. The van der Waals surface area contributed by atoms with Crippen molar-refractivity contribution >= 4 is 15.9 Å². The molecule has 0 radical (unpaired) electrons. The van der Waals surface area contributed by atoms with E-state index in [4.69, 9.17) is 0 Å². The lowest BCUT2D eigenvalue weighted by molar-refractivity contribution is 0.773. The van der Waals surface area contributed by atoms with Gasteiger partial charge in [-0.25, -0.2) is 4.98 Å². The fourth-order valence-corrected chi connectivity index (χ4v) is 1.54. The van der Waals surface area contributed by atoms with E-state index in [1.807, 2.05) is 0 Å². The van der Waals surface area contributed by atoms with Crippen LogP contribution in [0.3, 0.4) is 0 Å². The summed E-state index contributed by atoms with van der Waals surface area (Å²) in [7, 11) is 1.69. The summed E-state index contributed by atoms with van der Waals surface area (Å²) in [5.41, 5.74) is 0.828. The molecule has 0 aliphatic carbocycles. The molecule has 1 aromatic heterocycles. The largest absolute Gasteiger partial charge is 0.301 e. The number of rotatable bonds is 2. The van der Waals surface area contributed by atoms with Crippen LogP contribution in [-0.4, -0.2) is 9.55 Å². The Morgan fingerprint density at radius 3 is 2.92 bits per heavy atom. The Balaban J connectivity index is 3.18. The maximum absolute atomic E-state index is 11.3. The van der Waals surface area contributed by atoms with Gasteiger partial charge in [-0.05, 0) is 22.4 Å². The van der Waals surface area contributed by atoms with Crippen LogP contribution in [0.15, 0.2) is 15.6 Å². The first kappa shape index (κ1) is 9.45. The summed E-state index contributed by atoms with van der Waals surface area (Å²) in [5, 5.41) is 0. The van der Waals surface area contributed by atoms with Gasteiger partial charge in [0.25, 0.3) is 5.56 Å². The number of aryl methyl sites for hydroxylation is 2. The lowest BCUT2D eigenvalue weighted by atomic mass is 10.2. The highest BCUT2D eigenvalue weighted by Gasteiger charge is 2.05. The van der Waals surface area contributed by atoms with Crippen LogP contribution in [0.1, 0.15) is 19.0 Å². The minimum absolute atomic E-state index is 0.0200. The Hall–Kier alpha value is -0.640. The van der Waals surface area contributed by atoms with Gasteiger partial charge in [-0.2, -0.15) is 0 Å². The zero-order valence-electron chi connectivity index (χ0n) is 7.17. The second-order valence-corrected chi connectivity index (χ2v) is 3.46. The third-order valence-electron chi connectivity index (χ3n) is 1.64. The summed E-state index contributed by atoms with van der Waals surface area (Å²) in [6.45, 7) is 2.06. The van der Waals surface area contributed by atoms with E-state index >= 15 is 0 Å². The van der Waals surface area contributed by atoms with E-state index < -0.39 is 0 Å². The number of hydrogen-bond donors (Lipinski definition) is 0. The van der Waals surface area contributed by atoms with Crippen LogP contribution in [0.25, 0.3) is 0 Å². The van der Waals surface area contributed by atoms with Crippen molar-refractivity contribution in [1.29, 1.82) is 0 Å². The smallest absolute Gasteiger partial charge is 0.267 e. The molecule has 0 aliphatic heterocycles. The van der Waals surface area contributed by atoms with Gasteiger partial charge in [-0.15, -0.1) is 0 Å². The molecule has 3 nitrogen and oxygen atoms in total. The first-order valence-electron chi connectivity index (χ1n) is 3.86. The molecule has 0 N–H and O–H groups in total. The summed E-state index contributed by atoms with van der Waals surface area (Å²) in [4.78, 5) is 15.5. The zero-order chi connectivity index (χ0) is 9.14. The molecule has 1 heterocycles. The van der Waals surface area contributed by atoms with Gasteiger partial charge >= 0.3 is 0 Å². The van der Waals surface area contributed by atoms with Crippen LogP contribution < -0.4 is 5.56 Å². The van der Waals surface area contributed by atoms with Crippen molar-refractivity contribution in [3.63, 3.8) is 0 Å². The first-order chi connectivity index (χ1) is 5.66. The van der Waals surface area contributed by atoms with Gasteiger partial charge in [0.1, 0.15) is 4.47 Å². The minimum Gasteiger partial charge on any atom is -0.301 e. The molecule has 0 saturated carbocycles. The van der Waals surface area contributed by atoms with Crippen LogP contribution in [-0.2, 0) is 13.5 Å². The number of halogens is 1. The molecule has 4 heteroatoms. The van der Waals surface area contributed by atoms with Gasteiger partial charge in [-0.3, -0.25) is 4.79 Å². The van der Waals surface area contributed by atoms with Gasteiger partial charge < -0.3 is 4.57 Å². The van der Waals surface area contributed by atoms with E-state index in [9.17, 15) is 4.79 Å². The average Bonchev–Trinajstić information content (AvgIpc) is 2.07. The molecule has 0 amide bonds. The highest BCUT2D eigenvalue weighted by molar-refractivity contribution is 9.10. The maximum Gasteiger partial charge on any atom is 0.267 e. The fourth-order valence-electron chi connectivity index (χ4n) is 0.955. The summed E-state index contributed by atoms with van der Waals surface area (Å²) < 4.78 is 2.05. The van der Waals surface area contributed by atoms with Gasteiger partial charge in [0.15, 0.2) is 0 Å². The van der Waals surface area contributed by atoms with Crippen LogP contribution in [0.4, 0.5) is 0 Å². The van der Waals surface area contributed by atoms with Crippen molar-refractivity contribution in [3.8, 4) is 0 Å². The zero-order valence-corrected chi connectivity index (χ0v) is 8.76. The molecule has 0 aliphatic rings. The quantitative estimate of drug-likeness (QED) is 0.772. The summed E-state index contributed by atoms with van der Waals surface area (Å²) in [6.07, 6.45) is 3.40. The van der Waals surface area contributed by atoms with Gasteiger partial charge in [-0.1, -0.05) is 13.3 Å². The average molecular weight is 231 g/mol. The summed E-state index contributed by atoms with van der Waals surface area (Å²) in [5.74, 6) is 0. The monoisotopic (exact) mass is 230 g/mol. The van der Waals surface area contributed by atoms with Crippen LogP contribution in [0.2, 0.25) is 0 Å². The third-order valence-corrected chi connectivity index (χ3v) is 2.43. The third kappa shape index (κ3) is 1.75. The van der Waals surface area contributed by atoms with Crippen molar-refractivity contribution in [2.75, 3.05) is 0 Å². The minimum atomic E-state index is -0.0200. The second kappa shape index (κ2) is 3.85. The molecule has 12 heavy (non-hydrogen) atoms. The van der Waals surface area contributed by atoms with E-state index in [-0.39, 0.29) is 5.56 Å². The molecule has 0 fully saturated rings. The standard InChI is InChI=1S/C8H11BrN2O/c1-3-4-6-7(9)8(12)11(2)5-10-6/h5H,3-4H2,1-2H3. The van der Waals surface area contributed by atoms with Gasteiger partial charge in [0.05, 0.1) is 12.0 Å². The molecule has 0 atom stereocenters. The second-order valence-electron chi connectivity index (χ2n) is 2.67. The van der Waals surface area contributed by atoms with E-state index in [1.54, 1.807) is 13.4 Å². The number of hydrogen-bond acceptors (Lipinski definition) is 2. The topological polar surface area (TPSA) is 34.9 Å². The Morgan fingerprint density at radius 2 is 2.33 bits per heavy atom. The molecular formula is C8H11BrN2O. The number of nitrogens with zero attached hydrogens (tertiary/aromatic N) is 2. The van der Waals surface area contributed by atoms with E-state index in [2.05, 4.69) is 27.8 Å². The Labute approximate surface area is 79.6 Å². The fraction of sp³-hybridized carbons (Fsp3) is 0.500. The Kier molecular flexibility index (Phi) is 3.03. The van der Waals surface area contributed by atoms with E-state index in [0.29, 0.717) is 4.47 Å². The van der Waals surface area contributed by atoms with Crippen molar-refractivity contribution in [3.05, 3.63) is 26.8 Å². The lowest BCUT2D eigenvalue weighted by Gasteiger charge is -2.02. The summed E-state index contributed by atoms with van der Waals surface area (Å²) >= 11 is 3.24. The molecule has 0 unspecified atom stereocenters. The van der Waals surface area contributed by atoms with Gasteiger partial charge in [0, 0.05) is 7.05 Å². The van der Waals surface area contributed by atoms with Crippen LogP contribution in [0, 0.1) is 0 Å². The van der Waals surface area contributed by atoms with Crippen molar-refractivity contribution < 1.29 is 0 Å². The first-order valence-corrected chi connectivity index (χ1v) is 4.66. The van der Waals surface area contributed by atoms with Crippen LogP contribution in [0.5, 0.6) is 0 Å². The van der Waals surface area contributed by atoms with Gasteiger partial charge in [0.2, 0.25) is 0 Å².